The van der Waals surface area contributed by atoms with E-state index in [1.807, 2.05) is 36.4 Å². The summed E-state index contributed by atoms with van der Waals surface area (Å²) >= 11 is 9.59. The van der Waals surface area contributed by atoms with Crippen molar-refractivity contribution in [3.05, 3.63) is 57.7 Å². The standard InChI is InChI=1S/C17H13BrClNO2/c1-2-22-17(21)16-15(10-6-4-3-5-7-10)11-8-12(18)13(19)9-14(11)20-16/h3-9,20H,2H2,1H3. The fourth-order valence-electron chi connectivity index (χ4n) is 2.45. The van der Waals surface area contributed by atoms with Gasteiger partial charge in [0.1, 0.15) is 5.69 Å². The summed E-state index contributed by atoms with van der Waals surface area (Å²) in [5.74, 6) is -0.371. The molecular weight excluding hydrogens is 366 g/mol. The summed E-state index contributed by atoms with van der Waals surface area (Å²) in [5.41, 5.74) is 3.02. The number of rotatable bonds is 3. The maximum atomic E-state index is 12.3. The van der Waals surface area contributed by atoms with Crippen LogP contribution in [0.5, 0.6) is 0 Å². The normalized spacial score (nSPS) is 10.9. The molecule has 0 radical (unpaired) electrons. The van der Waals surface area contributed by atoms with E-state index < -0.39 is 0 Å². The maximum absolute atomic E-state index is 12.3. The van der Waals surface area contributed by atoms with Crippen LogP contribution < -0.4 is 0 Å². The minimum absolute atomic E-state index is 0.326. The molecule has 0 atom stereocenters. The minimum Gasteiger partial charge on any atom is -0.461 e. The molecule has 0 amide bonds. The van der Waals surface area contributed by atoms with Gasteiger partial charge in [-0.2, -0.15) is 0 Å². The molecule has 0 unspecified atom stereocenters. The van der Waals surface area contributed by atoms with Gasteiger partial charge in [0.2, 0.25) is 0 Å². The van der Waals surface area contributed by atoms with Gasteiger partial charge in [-0.3, -0.25) is 0 Å². The zero-order chi connectivity index (χ0) is 15.7. The molecule has 3 aromatic rings. The van der Waals surface area contributed by atoms with Crippen molar-refractivity contribution in [3.63, 3.8) is 0 Å². The number of benzene rings is 2. The second-order valence-electron chi connectivity index (χ2n) is 4.77. The second-order valence-corrected chi connectivity index (χ2v) is 6.03. The van der Waals surface area contributed by atoms with E-state index in [0.29, 0.717) is 17.3 Å². The average Bonchev–Trinajstić information content (AvgIpc) is 2.87. The van der Waals surface area contributed by atoms with Gasteiger partial charge in [-0.15, -0.1) is 0 Å². The fraction of sp³-hybridized carbons (Fsp3) is 0.118. The Balaban J connectivity index is 2.32. The maximum Gasteiger partial charge on any atom is 0.355 e. The van der Waals surface area contributed by atoms with Crippen molar-refractivity contribution in [1.82, 2.24) is 4.98 Å². The fourth-order valence-corrected chi connectivity index (χ4v) is 2.96. The minimum atomic E-state index is -0.371. The Bertz CT molecular complexity index is 843. The summed E-state index contributed by atoms with van der Waals surface area (Å²) in [6.45, 7) is 2.11. The Morgan fingerprint density at radius 2 is 2.00 bits per heavy atom. The third-order valence-electron chi connectivity index (χ3n) is 3.38. The predicted molar refractivity (Wildman–Crippen MR) is 92.4 cm³/mol. The van der Waals surface area contributed by atoms with Crippen molar-refractivity contribution in [2.24, 2.45) is 0 Å². The van der Waals surface area contributed by atoms with Crippen molar-refractivity contribution in [2.45, 2.75) is 6.92 Å². The number of esters is 1. The highest BCUT2D eigenvalue weighted by atomic mass is 79.9. The number of hydrogen-bond acceptors (Lipinski definition) is 2. The first-order valence-corrected chi connectivity index (χ1v) is 8.02. The highest BCUT2D eigenvalue weighted by Crippen LogP contribution is 2.37. The number of aromatic amines is 1. The molecule has 5 heteroatoms. The topological polar surface area (TPSA) is 42.1 Å². The Hall–Kier alpha value is -1.78. The third kappa shape index (κ3) is 2.64. The van der Waals surface area contributed by atoms with Gasteiger partial charge in [-0.25, -0.2) is 4.79 Å². The van der Waals surface area contributed by atoms with Crippen LogP contribution >= 0.6 is 27.5 Å². The number of nitrogens with one attached hydrogen (secondary N) is 1. The largest absolute Gasteiger partial charge is 0.461 e. The van der Waals surface area contributed by atoms with Crippen LogP contribution in [0.2, 0.25) is 5.02 Å². The summed E-state index contributed by atoms with van der Waals surface area (Å²) < 4.78 is 5.95. The van der Waals surface area contributed by atoms with Crippen LogP contribution in [0.4, 0.5) is 0 Å². The Morgan fingerprint density at radius 1 is 1.27 bits per heavy atom. The summed E-state index contributed by atoms with van der Waals surface area (Å²) in [6, 6.07) is 13.5. The van der Waals surface area contributed by atoms with Crippen molar-refractivity contribution < 1.29 is 9.53 Å². The van der Waals surface area contributed by atoms with Gasteiger partial charge in [0.05, 0.1) is 11.6 Å². The molecule has 22 heavy (non-hydrogen) atoms. The predicted octanol–water partition coefficient (Wildman–Crippen LogP) is 5.43. The Morgan fingerprint density at radius 3 is 2.68 bits per heavy atom. The number of ether oxygens (including phenoxy) is 1. The van der Waals surface area contributed by atoms with Crippen LogP contribution in [0.3, 0.4) is 0 Å². The molecule has 1 heterocycles. The van der Waals surface area contributed by atoms with Crippen molar-refractivity contribution in [1.29, 1.82) is 0 Å². The van der Waals surface area contributed by atoms with Gasteiger partial charge in [-0.05, 0) is 40.5 Å². The smallest absolute Gasteiger partial charge is 0.355 e. The molecule has 1 aromatic heterocycles. The van der Waals surface area contributed by atoms with Crippen LogP contribution in [0.1, 0.15) is 17.4 Å². The van der Waals surface area contributed by atoms with Crippen molar-refractivity contribution in [2.75, 3.05) is 6.61 Å². The number of carbonyl (C=O) groups is 1. The van der Waals surface area contributed by atoms with Gasteiger partial charge in [0.15, 0.2) is 0 Å². The zero-order valence-electron chi connectivity index (χ0n) is 11.8. The van der Waals surface area contributed by atoms with E-state index in [0.717, 1.165) is 26.5 Å². The van der Waals surface area contributed by atoms with E-state index in [4.69, 9.17) is 16.3 Å². The van der Waals surface area contributed by atoms with E-state index >= 15 is 0 Å². The van der Waals surface area contributed by atoms with Crippen LogP contribution in [-0.2, 0) is 4.74 Å². The molecule has 112 valence electrons. The first-order chi connectivity index (χ1) is 10.6. The number of halogens is 2. The van der Waals surface area contributed by atoms with E-state index in [9.17, 15) is 4.79 Å². The number of H-pyrrole nitrogens is 1. The number of fused-ring (bicyclic) bond motifs is 1. The van der Waals surface area contributed by atoms with Gasteiger partial charge in [-0.1, -0.05) is 41.9 Å². The lowest BCUT2D eigenvalue weighted by Crippen LogP contribution is -2.06. The molecule has 2 aromatic carbocycles. The summed E-state index contributed by atoms with van der Waals surface area (Å²) in [7, 11) is 0. The van der Waals surface area contributed by atoms with Crippen LogP contribution in [0, 0.1) is 0 Å². The first-order valence-electron chi connectivity index (χ1n) is 6.85. The lowest BCUT2D eigenvalue weighted by Gasteiger charge is -2.05. The SMILES string of the molecule is CCOC(=O)c1[nH]c2cc(Cl)c(Br)cc2c1-c1ccccc1. The van der Waals surface area contributed by atoms with Crippen molar-refractivity contribution >= 4 is 44.4 Å². The van der Waals surface area contributed by atoms with Gasteiger partial charge in [0, 0.05) is 20.9 Å². The lowest BCUT2D eigenvalue weighted by atomic mass is 10.0. The van der Waals surface area contributed by atoms with Gasteiger partial charge in [0.25, 0.3) is 0 Å². The zero-order valence-corrected chi connectivity index (χ0v) is 14.2. The summed E-state index contributed by atoms with van der Waals surface area (Å²) in [6.07, 6.45) is 0. The highest BCUT2D eigenvalue weighted by Gasteiger charge is 2.21. The number of aromatic nitrogens is 1. The molecule has 3 rings (SSSR count). The van der Waals surface area contributed by atoms with E-state index in [1.54, 1.807) is 13.0 Å². The first kappa shape index (κ1) is 15.1. The second kappa shape index (κ2) is 6.15. The molecule has 0 fully saturated rings. The van der Waals surface area contributed by atoms with Gasteiger partial charge >= 0.3 is 5.97 Å². The number of hydrogen-bond donors (Lipinski definition) is 1. The molecule has 0 spiro atoms. The van der Waals surface area contributed by atoms with Crippen LogP contribution in [0.15, 0.2) is 46.9 Å². The molecule has 1 N–H and O–H groups in total. The highest BCUT2D eigenvalue weighted by molar-refractivity contribution is 9.10. The monoisotopic (exact) mass is 377 g/mol. The molecule has 0 aliphatic carbocycles. The van der Waals surface area contributed by atoms with Crippen molar-refractivity contribution in [3.8, 4) is 11.1 Å². The van der Waals surface area contributed by atoms with Crippen LogP contribution in [-0.4, -0.2) is 17.6 Å². The van der Waals surface area contributed by atoms with E-state index in [-0.39, 0.29) is 5.97 Å². The summed E-state index contributed by atoms with van der Waals surface area (Å²) in [4.78, 5) is 15.4. The van der Waals surface area contributed by atoms with Gasteiger partial charge < -0.3 is 9.72 Å². The molecule has 0 saturated carbocycles. The Labute approximate surface area is 141 Å². The lowest BCUT2D eigenvalue weighted by molar-refractivity contribution is 0.0521. The quantitative estimate of drug-likeness (QED) is 0.618. The molecule has 0 saturated heterocycles. The third-order valence-corrected chi connectivity index (χ3v) is 4.58. The molecule has 0 bridgehead atoms. The number of carbonyl (C=O) groups excluding carboxylic acids is 1. The average molecular weight is 379 g/mol. The molecule has 3 nitrogen and oxygen atoms in total. The molecule has 0 aliphatic heterocycles. The summed E-state index contributed by atoms with van der Waals surface area (Å²) in [5, 5.41) is 1.51. The van der Waals surface area contributed by atoms with E-state index in [1.165, 1.54) is 0 Å². The van der Waals surface area contributed by atoms with E-state index in [2.05, 4.69) is 20.9 Å². The van der Waals surface area contributed by atoms with Crippen LogP contribution in [0.25, 0.3) is 22.0 Å². The Kier molecular flexibility index (Phi) is 4.23. The molecular formula is C17H13BrClNO2. The molecule has 0 aliphatic rings.